The second-order valence-corrected chi connectivity index (χ2v) is 6.37. The highest BCUT2D eigenvalue weighted by atomic mass is 35.5. The first-order valence-corrected chi connectivity index (χ1v) is 8.44. The Balaban J connectivity index is 2.00. The van der Waals surface area contributed by atoms with E-state index < -0.39 is 12.1 Å². The number of rotatable bonds is 5. The maximum Gasteiger partial charge on any atom is 0.342 e. The quantitative estimate of drug-likeness (QED) is 0.626. The van der Waals surface area contributed by atoms with Crippen molar-refractivity contribution in [1.82, 2.24) is 5.32 Å². The maximum absolute atomic E-state index is 12.3. The molecule has 1 atom stereocenters. The van der Waals surface area contributed by atoms with Crippen molar-refractivity contribution in [3.05, 3.63) is 22.7 Å². The summed E-state index contributed by atoms with van der Waals surface area (Å²) in [6, 6.07) is 2.99. The molecular formula is C17H23ClN2O4. The van der Waals surface area contributed by atoms with E-state index in [4.69, 9.17) is 26.8 Å². The second-order valence-electron chi connectivity index (χ2n) is 5.97. The van der Waals surface area contributed by atoms with Crippen LogP contribution in [0.1, 0.15) is 49.4 Å². The molecule has 132 valence electrons. The number of nitrogens with one attached hydrogen (secondary N) is 1. The van der Waals surface area contributed by atoms with Gasteiger partial charge in [-0.15, -0.1) is 0 Å². The van der Waals surface area contributed by atoms with Crippen LogP contribution in [0.4, 0.5) is 5.69 Å². The van der Waals surface area contributed by atoms with Crippen LogP contribution < -0.4 is 15.8 Å². The summed E-state index contributed by atoms with van der Waals surface area (Å²) >= 11 is 5.95. The Labute approximate surface area is 146 Å². The van der Waals surface area contributed by atoms with Gasteiger partial charge in [-0.25, -0.2) is 4.79 Å². The van der Waals surface area contributed by atoms with Crippen molar-refractivity contribution in [2.75, 3.05) is 12.8 Å². The highest BCUT2D eigenvalue weighted by Gasteiger charge is 2.24. The number of halogens is 1. The van der Waals surface area contributed by atoms with Crippen molar-refractivity contribution in [3.8, 4) is 5.75 Å². The molecule has 3 N–H and O–H groups in total. The maximum atomic E-state index is 12.3. The number of nitrogens with two attached hydrogens (primary N) is 1. The van der Waals surface area contributed by atoms with Crippen molar-refractivity contribution >= 4 is 29.2 Å². The summed E-state index contributed by atoms with van der Waals surface area (Å²) in [5.41, 5.74) is 6.12. The molecular weight excluding hydrogens is 332 g/mol. The third-order valence-corrected chi connectivity index (χ3v) is 4.47. The van der Waals surface area contributed by atoms with Crippen LogP contribution in [0.25, 0.3) is 0 Å². The molecule has 0 saturated heterocycles. The lowest BCUT2D eigenvalue weighted by Gasteiger charge is -2.24. The number of ether oxygens (including phenoxy) is 2. The lowest BCUT2D eigenvalue weighted by molar-refractivity contribution is -0.130. The largest absolute Gasteiger partial charge is 0.496 e. The van der Waals surface area contributed by atoms with Gasteiger partial charge in [-0.1, -0.05) is 30.9 Å². The number of hydrogen-bond donors (Lipinski definition) is 2. The number of methoxy groups -OCH3 is 1. The van der Waals surface area contributed by atoms with E-state index in [-0.39, 0.29) is 28.3 Å². The van der Waals surface area contributed by atoms with E-state index in [1.807, 2.05) is 0 Å². The molecule has 1 aliphatic carbocycles. The number of anilines is 1. The van der Waals surface area contributed by atoms with E-state index in [2.05, 4.69) is 5.32 Å². The number of hydrogen-bond acceptors (Lipinski definition) is 5. The normalized spacial score (nSPS) is 16.3. The molecule has 6 nitrogen and oxygen atoms in total. The van der Waals surface area contributed by atoms with Gasteiger partial charge in [0.2, 0.25) is 0 Å². The van der Waals surface area contributed by atoms with E-state index in [0.717, 1.165) is 25.7 Å². The molecule has 0 aliphatic heterocycles. The number of carbonyl (C=O) groups excluding carboxylic acids is 2. The van der Waals surface area contributed by atoms with Gasteiger partial charge in [0, 0.05) is 12.1 Å². The van der Waals surface area contributed by atoms with Gasteiger partial charge in [-0.2, -0.15) is 0 Å². The predicted molar refractivity (Wildman–Crippen MR) is 92.3 cm³/mol. The number of amides is 1. The van der Waals surface area contributed by atoms with Crippen LogP contribution in [-0.2, 0) is 9.53 Å². The standard InChI is InChI=1S/C17H23ClN2O4/c1-10(16(21)20-11-6-4-3-5-7-11)24-17(22)12-8-13(18)14(19)9-15(12)23-2/h8-11H,3-7,19H2,1-2H3,(H,20,21)/t10-/m1/s1. The number of benzene rings is 1. The minimum atomic E-state index is -0.902. The third-order valence-electron chi connectivity index (χ3n) is 4.14. The van der Waals surface area contributed by atoms with Crippen LogP contribution in [0.2, 0.25) is 5.02 Å². The van der Waals surface area contributed by atoms with Crippen LogP contribution in [0.5, 0.6) is 5.75 Å². The number of nitrogen functional groups attached to an aromatic ring is 1. The molecule has 1 aliphatic rings. The van der Waals surface area contributed by atoms with Crippen LogP contribution >= 0.6 is 11.6 Å². The first kappa shape index (κ1) is 18.4. The summed E-state index contributed by atoms with van der Waals surface area (Å²) in [4.78, 5) is 24.5. The minimum absolute atomic E-state index is 0.133. The molecule has 1 fully saturated rings. The Morgan fingerprint density at radius 2 is 1.96 bits per heavy atom. The lowest BCUT2D eigenvalue weighted by atomic mass is 9.95. The first-order chi connectivity index (χ1) is 11.4. The number of carbonyl (C=O) groups is 2. The number of esters is 1. The predicted octanol–water partition coefficient (Wildman–Crippen LogP) is 2.93. The SMILES string of the molecule is COc1cc(N)c(Cl)cc1C(=O)O[C@H](C)C(=O)NC1CCCCC1. The molecule has 0 spiro atoms. The summed E-state index contributed by atoms with van der Waals surface area (Å²) in [6.45, 7) is 1.54. The molecule has 0 bridgehead atoms. The van der Waals surface area contributed by atoms with Gasteiger partial charge in [0.05, 0.1) is 17.8 Å². The van der Waals surface area contributed by atoms with Crippen LogP contribution in [-0.4, -0.2) is 31.1 Å². The molecule has 0 aromatic heterocycles. The summed E-state index contributed by atoms with van der Waals surface area (Å²) in [5, 5.41) is 3.16. The van der Waals surface area contributed by atoms with Crippen molar-refractivity contribution in [1.29, 1.82) is 0 Å². The second kappa shape index (κ2) is 8.24. The first-order valence-electron chi connectivity index (χ1n) is 8.06. The topological polar surface area (TPSA) is 90.7 Å². The fourth-order valence-electron chi connectivity index (χ4n) is 2.74. The molecule has 1 aromatic carbocycles. The highest BCUT2D eigenvalue weighted by molar-refractivity contribution is 6.33. The summed E-state index contributed by atoms with van der Waals surface area (Å²) in [7, 11) is 1.42. The molecule has 24 heavy (non-hydrogen) atoms. The molecule has 2 rings (SSSR count). The van der Waals surface area contributed by atoms with Crippen molar-refractivity contribution in [2.24, 2.45) is 0 Å². The highest BCUT2D eigenvalue weighted by Crippen LogP contribution is 2.29. The van der Waals surface area contributed by atoms with Gasteiger partial charge in [0.15, 0.2) is 6.10 Å². The fraction of sp³-hybridized carbons (Fsp3) is 0.529. The van der Waals surface area contributed by atoms with E-state index in [0.29, 0.717) is 5.69 Å². The van der Waals surface area contributed by atoms with E-state index in [9.17, 15) is 9.59 Å². The Kier molecular flexibility index (Phi) is 6.31. The summed E-state index contributed by atoms with van der Waals surface area (Å²) < 4.78 is 10.4. The zero-order valence-electron chi connectivity index (χ0n) is 13.9. The van der Waals surface area contributed by atoms with Gasteiger partial charge < -0.3 is 20.5 Å². The van der Waals surface area contributed by atoms with Crippen LogP contribution in [0.3, 0.4) is 0 Å². The molecule has 1 saturated carbocycles. The van der Waals surface area contributed by atoms with E-state index in [1.54, 1.807) is 6.92 Å². The Hall–Kier alpha value is -1.95. The molecule has 0 unspecified atom stereocenters. The smallest absolute Gasteiger partial charge is 0.342 e. The monoisotopic (exact) mass is 354 g/mol. The molecule has 1 aromatic rings. The molecule has 0 radical (unpaired) electrons. The Morgan fingerprint density at radius 1 is 1.29 bits per heavy atom. The minimum Gasteiger partial charge on any atom is -0.496 e. The molecule has 1 amide bonds. The lowest BCUT2D eigenvalue weighted by Crippen LogP contribution is -2.42. The van der Waals surface area contributed by atoms with Gasteiger partial charge in [0.25, 0.3) is 5.91 Å². The zero-order chi connectivity index (χ0) is 17.7. The molecule has 7 heteroatoms. The van der Waals surface area contributed by atoms with Crippen molar-refractivity contribution in [3.63, 3.8) is 0 Å². The summed E-state index contributed by atoms with van der Waals surface area (Å²) in [5.74, 6) is -0.724. The fourth-order valence-corrected chi connectivity index (χ4v) is 2.90. The Bertz CT molecular complexity index is 615. The van der Waals surface area contributed by atoms with E-state index in [1.165, 1.54) is 25.7 Å². The van der Waals surface area contributed by atoms with Crippen molar-refractivity contribution < 1.29 is 19.1 Å². The summed E-state index contributed by atoms with van der Waals surface area (Å²) in [6.07, 6.45) is 4.46. The van der Waals surface area contributed by atoms with Crippen LogP contribution in [0, 0.1) is 0 Å². The average Bonchev–Trinajstić information content (AvgIpc) is 2.57. The van der Waals surface area contributed by atoms with Gasteiger partial charge >= 0.3 is 5.97 Å². The third kappa shape index (κ3) is 4.54. The van der Waals surface area contributed by atoms with Crippen molar-refractivity contribution in [2.45, 2.75) is 51.2 Å². The van der Waals surface area contributed by atoms with Gasteiger partial charge in [-0.3, -0.25) is 4.79 Å². The zero-order valence-corrected chi connectivity index (χ0v) is 14.7. The van der Waals surface area contributed by atoms with E-state index >= 15 is 0 Å². The molecule has 0 heterocycles. The van der Waals surface area contributed by atoms with Gasteiger partial charge in [0.1, 0.15) is 11.3 Å². The Morgan fingerprint density at radius 3 is 2.58 bits per heavy atom. The average molecular weight is 355 g/mol. The van der Waals surface area contributed by atoms with Crippen LogP contribution in [0.15, 0.2) is 12.1 Å². The van der Waals surface area contributed by atoms with Gasteiger partial charge in [-0.05, 0) is 25.8 Å².